The largest absolute Gasteiger partial charge is 0.289 e. The summed E-state index contributed by atoms with van der Waals surface area (Å²) in [5.41, 5.74) is 2.84. The summed E-state index contributed by atoms with van der Waals surface area (Å²) in [5, 5.41) is 0. The Morgan fingerprint density at radius 2 is 0.600 bits per heavy atom. The highest BCUT2D eigenvalue weighted by molar-refractivity contribution is 6.15. The topological polar surface area (TPSA) is 51.2 Å². The van der Waals surface area contributed by atoms with Gasteiger partial charge in [0, 0.05) is 33.4 Å². The van der Waals surface area contributed by atoms with Crippen LogP contribution in [-0.2, 0) is 0 Å². The summed E-state index contributed by atoms with van der Waals surface area (Å²) >= 11 is 0. The van der Waals surface area contributed by atoms with Crippen molar-refractivity contribution in [3.63, 3.8) is 0 Å². The predicted molar refractivity (Wildman–Crippen MR) is 116 cm³/mol. The van der Waals surface area contributed by atoms with Crippen LogP contribution in [0, 0.1) is 0 Å². The average Bonchev–Trinajstić information content (AvgIpc) is 2.84. The molecule has 0 heterocycles. The second-order valence-corrected chi connectivity index (χ2v) is 6.88. The summed E-state index contributed by atoms with van der Waals surface area (Å²) in [6, 6.07) is 31.2. The van der Waals surface area contributed by atoms with Crippen LogP contribution in [0.4, 0.5) is 0 Å². The first-order valence-electron chi connectivity index (χ1n) is 9.58. The fraction of sp³-hybridized carbons (Fsp3) is 0. The second kappa shape index (κ2) is 8.50. The first-order valence-corrected chi connectivity index (χ1v) is 9.58. The van der Waals surface area contributed by atoms with Crippen LogP contribution >= 0.6 is 0 Å². The van der Waals surface area contributed by atoms with E-state index in [1.54, 1.807) is 97.1 Å². The van der Waals surface area contributed by atoms with Crippen LogP contribution in [0.15, 0.2) is 109 Å². The van der Waals surface area contributed by atoms with E-state index in [1.165, 1.54) is 0 Å². The molecule has 0 unspecified atom stereocenters. The average molecular weight is 390 g/mol. The van der Waals surface area contributed by atoms with Crippen molar-refractivity contribution in [2.45, 2.75) is 0 Å². The summed E-state index contributed by atoms with van der Waals surface area (Å²) in [6.07, 6.45) is 0. The minimum Gasteiger partial charge on any atom is -0.289 e. The van der Waals surface area contributed by atoms with Gasteiger partial charge in [-0.15, -0.1) is 0 Å². The maximum Gasteiger partial charge on any atom is 0.193 e. The lowest BCUT2D eigenvalue weighted by Crippen LogP contribution is -2.07. The lowest BCUT2D eigenvalue weighted by molar-refractivity contribution is 0.103. The Morgan fingerprint density at radius 3 is 0.933 bits per heavy atom. The van der Waals surface area contributed by atoms with Crippen molar-refractivity contribution in [3.8, 4) is 0 Å². The van der Waals surface area contributed by atoms with Gasteiger partial charge in [-0.1, -0.05) is 97.1 Å². The monoisotopic (exact) mass is 390 g/mol. The highest BCUT2D eigenvalue weighted by Gasteiger charge is 2.16. The molecule has 0 aromatic heterocycles. The summed E-state index contributed by atoms with van der Waals surface area (Å²) in [5.74, 6) is -0.517. The molecule has 0 saturated carbocycles. The number of ketones is 3. The molecule has 3 heteroatoms. The van der Waals surface area contributed by atoms with E-state index >= 15 is 0 Å². The zero-order valence-electron chi connectivity index (χ0n) is 16.1. The van der Waals surface area contributed by atoms with Crippen LogP contribution in [0.2, 0.25) is 0 Å². The van der Waals surface area contributed by atoms with E-state index in [-0.39, 0.29) is 17.3 Å². The standard InChI is InChI=1S/C27H18O3/c28-25(19-9-3-1-4-10-19)21-13-7-15-23(17-21)27(30)24-16-8-14-22(18-24)26(29)20-11-5-2-6-12-20/h1-18H. The maximum absolute atomic E-state index is 13.0. The highest BCUT2D eigenvalue weighted by atomic mass is 16.1. The third kappa shape index (κ3) is 4.01. The van der Waals surface area contributed by atoms with Crippen molar-refractivity contribution in [1.29, 1.82) is 0 Å². The van der Waals surface area contributed by atoms with E-state index < -0.39 is 0 Å². The van der Waals surface area contributed by atoms with Gasteiger partial charge in [0.05, 0.1) is 0 Å². The molecule has 0 radical (unpaired) electrons. The number of carbonyl (C=O) groups is 3. The van der Waals surface area contributed by atoms with Crippen molar-refractivity contribution in [1.82, 2.24) is 0 Å². The molecule has 0 atom stereocenters. The summed E-state index contributed by atoms with van der Waals surface area (Å²) < 4.78 is 0. The third-order valence-electron chi connectivity index (χ3n) is 4.85. The molecule has 4 aromatic rings. The highest BCUT2D eigenvalue weighted by Crippen LogP contribution is 2.17. The fourth-order valence-corrected chi connectivity index (χ4v) is 3.28. The van der Waals surface area contributed by atoms with Gasteiger partial charge in [0.15, 0.2) is 17.3 Å². The molecule has 30 heavy (non-hydrogen) atoms. The van der Waals surface area contributed by atoms with Crippen molar-refractivity contribution in [2.75, 3.05) is 0 Å². The SMILES string of the molecule is O=C(c1ccccc1)c1cccc(C(=O)c2cccc(C(=O)c3ccccc3)c2)c1. The van der Waals surface area contributed by atoms with Gasteiger partial charge < -0.3 is 0 Å². The Labute approximate surface area is 174 Å². The lowest BCUT2D eigenvalue weighted by atomic mass is 9.95. The van der Waals surface area contributed by atoms with Crippen LogP contribution < -0.4 is 0 Å². The van der Waals surface area contributed by atoms with E-state index in [1.807, 2.05) is 12.1 Å². The van der Waals surface area contributed by atoms with Crippen LogP contribution in [0.25, 0.3) is 0 Å². The van der Waals surface area contributed by atoms with Gasteiger partial charge in [-0.25, -0.2) is 0 Å². The van der Waals surface area contributed by atoms with Crippen molar-refractivity contribution in [3.05, 3.63) is 143 Å². The Morgan fingerprint density at radius 1 is 0.333 bits per heavy atom. The second-order valence-electron chi connectivity index (χ2n) is 6.88. The van der Waals surface area contributed by atoms with Crippen LogP contribution in [0.1, 0.15) is 47.8 Å². The van der Waals surface area contributed by atoms with Crippen LogP contribution in [-0.4, -0.2) is 17.3 Å². The van der Waals surface area contributed by atoms with Crippen LogP contribution in [0.5, 0.6) is 0 Å². The Bertz CT molecular complexity index is 1130. The lowest BCUT2D eigenvalue weighted by Gasteiger charge is -2.07. The number of hydrogen-bond donors (Lipinski definition) is 0. The van der Waals surface area contributed by atoms with E-state index in [4.69, 9.17) is 0 Å². The molecule has 3 nitrogen and oxygen atoms in total. The minimum atomic E-state index is -0.236. The molecule has 4 aromatic carbocycles. The van der Waals surface area contributed by atoms with E-state index in [2.05, 4.69) is 0 Å². The molecule has 0 aliphatic heterocycles. The van der Waals surface area contributed by atoms with E-state index in [0.29, 0.717) is 33.4 Å². The Hall–Kier alpha value is -4.11. The zero-order valence-corrected chi connectivity index (χ0v) is 16.1. The van der Waals surface area contributed by atoms with Gasteiger partial charge in [-0.05, 0) is 12.1 Å². The first kappa shape index (κ1) is 19.2. The molecule has 0 bridgehead atoms. The molecule has 0 saturated heterocycles. The number of benzene rings is 4. The van der Waals surface area contributed by atoms with Crippen molar-refractivity contribution in [2.24, 2.45) is 0 Å². The van der Waals surface area contributed by atoms with Gasteiger partial charge in [-0.3, -0.25) is 14.4 Å². The summed E-state index contributed by atoms with van der Waals surface area (Å²) in [7, 11) is 0. The summed E-state index contributed by atoms with van der Waals surface area (Å²) in [4.78, 5) is 38.5. The molecule has 0 fully saturated rings. The van der Waals surface area contributed by atoms with Crippen molar-refractivity contribution < 1.29 is 14.4 Å². The number of hydrogen-bond acceptors (Lipinski definition) is 3. The Balaban J connectivity index is 1.63. The van der Waals surface area contributed by atoms with Gasteiger partial charge in [-0.2, -0.15) is 0 Å². The smallest absolute Gasteiger partial charge is 0.193 e. The van der Waals surface area contributed by atoms with Gasteiger partial charge in [0.1, 0.15) is 0 Å². The predicted octanol–water partition coefficient (Wildman–Crippen LogP) is 5.38. The summed E-state index contributed by atoms with van der Waals surface area (Å²) in [6.45, 7) is 0. The molecular weight excluding hydrogens is 372 g/mol. The molecule has 0 aliphatic rings. The molecule has 0 N–H and O–H groups in total. The van der Waals surface area contributed by atoms with E-state index in [9.17, 15) is 14.4 Å². The number of rotatable bonds is 6. The molecule has 144 valence electrons. The van der Waals surface area contributed by atoms with Gasteiger partial charge >= 0.3 is 0 Å². The van der Waals surface area contributed by atoms with Gasteiger partial charge in [0.2, 0.25) is 0 Å². The first-order chi connectivity index (χ1) is 14.6. The molecular formula is C27H18O3. The van der Waals surface area contributed by atoms with Crippen molar-refractivity contribution >= 4 is 17.3 Å². The Kier molecular flexibility index (Phi) is 5.44. The molecule has 0 aliphatic carbocycles. The minimum absolute atomic E-state index is 0.141. The van der Waals surface area contributed by atoms with Crippen LogP contribution in [0.3, 0.4) is 0 Å². The normalized spacial score (nSPS) is 10.4. The molecule has 4 rings (SSSR count). The molecule has 0 spiro atoms. The quantitative estimate of drug-likeness (QED) is 0.415. The van der Waals surface area contributed by atoms with E-state index in [0.717, 1.165) is 0 Å². The van der Waals surface area contributed by atoms with Gasteiger partial charge in [0.25, 0.3) is 0 Å². The number of carbonyl (C=O) groups excluding carboxylic acids is 3. The fourth-order valence-electron chi connectivity index (χ4n) is 3.28. The maximum atomic E-state index is 13.0. The molecule has 0 amide bonds. The third-order valence-corrected chi connectivity index (χ3v) is 4.85. The zero-order chi connectivity index (χ0) is 20.9.